The second-order valence-electron chi connectivity index (χ2n) is 5.93. The highest BCUT2D eigenvalue weighted by Gasteiger charge is 2.25. The lowest BCUT2D eigenvalue weighted by Gasteiger charge is -2.10. The third-order valence-electron chi connectivity index (χ3n) is 3.84. The quantitative estimate of drug-likeness (QED) is 0.649. The average Bonchev–Trinajstić information content (AvgIpc) is 2.96. The van der Waals surface area contributed by atoms with Crippen molar-refractivity contribution in [2.75, 3.05) is 0 Å². The molecule has 1 unspecified atom stereocenters. The number of carboxylic acids is 1. The predicted molar refractivity (Wildman–Crippen MR) is 94.8 cm³/mol. The number of carboxylic acid groups (broad SMARTS) is 1. The summed E-state index contributed by atoms with van der Waals surface area (Å²) in [5.41, 5.74) is 6.18. The van der Waals surface area contributed by atoms with Crippen LogP contribution in [0.4, 0.5) is 9.18 Å². The van der Waals surface area contributed by atoms with Crippen molar-refractivity contribution in [2.45, 2.75) is 12.5 Å². The van der Waals surface area contributed by atoms with Crippen LogP contribution in [0.1, 0.15) is 11.1 Å². The van der Waals surface area contributed by atoms with E-state index in [1.54, 1.807) is 24.3 Å². The van der Waals surface area contributed by atoms with E-state index in [2.05, 4.69) is 0 Å². The van der Waals surface area contributed by atoms with Crippen LogP contribution >= 0.6 is 0 Å². The number of carbonyl (C=O) groups is 3. The van der Waals surface area contributed by atoms with Crippen LogP contribution in [0, 0.1) is 5.82 Å². The molecule has 1 fully saturated rings. The molecule has 8 nitrogen and oxygen atoms in total. The van der Waals surface area contributed by atoms with Gasteiger partial charge >= 0.3 is 12.1 Å². The van der Waals surface area contributed by atoms with Crippen molar-refractivity contribution in [1.29, 1.82) is 0 Å². The van der Waals surface area contributed by atoms with Crippen molar-refractivity contribution in [3.63, 3.8) is 0 Å². The van der Waals surface area contributed by atoms with Crippen molar-refractivity contribution in [3.05, 3.63) is 65.2 Å². The fourth-order valence-corrected chi connectivity index (χ4v) is 2.42. The number of imide groups is 1. The lowest BCUT2D eigenvalue weighted by atomic mass is 10.1. The summed E-state index contributed by atoms with van der Waals surface area (Å²) in [6.07, 6.45) is 0.429. The second kappa shape index (κ2) is 7.89. The topological polar surface area (TPSA) is 128 Å². The van der Waals surface area contributed by atoms with Crippen LogP contribution in [-0.2, 0) is 20.7 Å². The molecule has 144 valence electrons. The summed E-state index contributed by atoms with van der Waals surface area (Å²) < 4.78 is 24.4. The molecule has 1 atom stereocenters. The molecule has 1 saturated heterocycles. The number of benzene rings is 2. The Morgan fingerprint density at radius 1 is 1.21 bits per heavy atom. The molecule has 9 heteroatoms. The van der Waals surface area contributed by atoms with Gasteiger partial charge in [0, 0.05) is 12.5 Å². The van der Waals surface area contributed by atoms with E-state index in [1.165, 1.54) is 18.2 Å². The first-order chi connectivity index (χ1) is 13.3. The zero-order valence-corrected chi connectivity index (χ0v) is 14.3. The van der Waals surface area contributed by atoms with E-state index in [-0.39, 0.29) is 23.5 Å². The Bertz CT molecular complexity index is 971. The van der Waals surface area contributed by atoms with Crippen LogP contribution < -0.4 is 15.8 Å². The molecular weight excluding hydrogens is 371 g/mol. The van der Waals surface area contributed by atoms with Gasteiger partial charge in [-0.3, -0.25) is 14.9 Å². The molecular formula is C19H15FN2O6. The van der Waals surface area contributed by atoms with Gasteiger partial charge in [0.05, 0.1) is 0 Å². The van der Waals surface area contributed by atoms with Gasteiger partial charge in [-0.05, 0) is 35.4 Å². The van der Waals surface area contributed by atoms with E-state index in [1.807, 2.05) is 5.32 Å². The number of cyclic esters (lactones) is 1. The van der Waals surface area contributed by atoms with E-state index in [0.717, 1.165) is 6.07 Å². The molecule has 0 radical (unpaired) electrons. The van der Waals surface area contributed by atoms with Crippen molar-refractivity contribution in [3.8, 4) is 11.5 Å². The Balaban J connectivity index is 1.68. The monoisotopic (exact) mass is 386 g/mol. The normalized spacial score (nSPS) is 15.9. The zero-order chi connectivity index (χ0) is 20.3. The van der Waals surface area contributed by atoms with Crippen LogP contribution in [0.3, 0.4) is 0 Å². The smallest absolute Gasteiger partial charge is 0.419 e. The van der Waals surface area contributed by atoms with Gasteiger partial charge in [-0.1, -0.05) is 18.2 Å². The first-order valence-corrected chi connectivity index (χ1v) is 8.11. The van der Waals surface area contributed by atoms with Crippen molar-refractivity contribution < 1.29 is 33.4 Å². The maximum Gasteiger partial charge on any atom is 0.419 e. The van der Waals surface area contributed by atoms with E-state index in [9.17, 15) is 18.8 Å². The minimum atomic E-state index is -1.21. The van der Waals surface area contributed by atoms with Crippen LogP contribution in [0.15, 0.2) is 48.2 Å². The fraction of sp³-hybridized carbons (Fsp3) is 0.105. The zero-order valence-electron chi connectivity index (χ0n) is 14.3. The predicted octanol–water partition coefficient (Wildman–Crippen LogP) is 2.18. The number of aliphatic carboxylic acids is 1. The number of amides is 2. The molecule has 0 aromatic heterocycles. The maximum absolute atomic E-state index is 14.1. The summed E-state index contributed by atoms with van der Waals surface area (Å²) in [5.74, 6) is -1.94. The molecule has 28 heavy (non-hydrogen) atoms. The molecule has 2 aromatic carbocycles. The number of nitrogens with one attached hydrogen (secondary N) is 1. The number of ether oxygens (including phenoxy) is 2. The number of hydrogen-bond donors (Lipinski definition) is 3. The Morgan fingerprint density at radius 2 is 1.89 bits per heavy atom. The van der Waals surface area contributed by atoms with E-state index in [0.29, 0.717) is 11.3 Å². The molecule has 2 aromatic rings. The largest absolute Gasteiger partial charge is 0.480 e. The first-order valence-electron chi connectivity index (χ1n) is 8.11. The summed E-state index contributed by atoms with van der Waals surface area (Å²) in [7, 11) is 0. The van der Waals surface area contributed by atoms with Crippen molar-refractivity contribution >= 4 is 24.0 Å². The highest BCUT2D eigenvalue weighted by Crippen LogP contribution is 2.25. The van der Waals surface area contributed by atoms with E-state index < -0.39 is 29.8 Å². The summed E-state index contributed by atoms with van der Waals surface area (Å²) in [6, 6.07) is 9.30. The Hall–Kier alpha value is -3.72. The maximum atomic E-state index is 14.1. The number of halogens is 1. The number of nitrogens with two attached hydrogens (primary N) is 1. The van der Waals surface area contributed by atoms with Crippen LogP contribution in [0.5, 0.6) is 11.5 Å². The van der Waals surface area contributed by atoms with Crippen LogP contribution in [0.25, 0.3) is 6.08 Å². The lowest BCUT2D eigenvalue weighted by Crippen LogP contribution is -2.32. The average molecular weight is 386 g/mol. The van der Waals surface area contributed by atoms with Crippen molar-refractivity contribution in [2.24, 2.45) is 5.73 Å². The van der Waals surface area contributed by atoms with Gasteiger partial charge in [0.1, 0.15) is 23.4 Å². The molecule has 1 heterocycles. The molecule has 3 rings (SSSR count). The molecule has 0 saturated carbocycles. The molecule has 2 amide bonds. The van der Waals surface area contributed by atoms with E-state index >= 15 is 0 Å². The molecule has 0 aliphatic carbocycles. The Kier molecular flexibility index (Phi) is 5.37. The van der Waals surface area contributed by atoms with Gasteiger partial charge in [-0.25, -0.2) is 9.18 Å². The van der Waals surface area contributed by atoms with E-state index in [4.69, 9.17) is 20.3 Å². The summed E-state index contributed by atoms with van der Waals surface area (Å²) in [4.78, 5) is 33.2. The number of hydrogen-bond acceptors (Lipinski definition) is 6. The lowest BCUT2D eigenvalue weighted by molar-refractivity contribution is -0.138. The third kappa shape index (κ3) is 4.51. The molecule has 1 aliphatic rings. The van der Waals surface area contributed by atoms with Crippen molar-refractivity contribution in [1.82, 2.24) is 5.32 Å². The standard InChI is InChI=1S/C19H15FN2O6/c20-14-9-13(6-3-11(14)8-15(21)18(24)25)27-12-4-1-10(2-5-12)7-16-17(23)22-19(26)28-16/h1-7,9,15H,8,21H2,(H,24,25)(H,22,23,26). The minimum absolute atomic E-state index is 0.115. The van der Waals surface area contributed by atoms with Gasteiger partial charge in [-0.15, -0.1) is 0 Å². The molecule has 1 aliphatic heterocycles. The highest BCUT2D eigenvalue weighted by molar-refractivity contribution is 6.09. The number of rotatable bonds is 6. The van der Waals surface area contributed by atoms with Gasteiger partial charge in [-0.2, -0.15) is 0 Å². The molecule has 4 N–H and O–H groups in total. The summed E-state index contributed by atoms with van der Waals surface area (Å²) in [6.45, 7) is 0. The van der Waals surface area contributed by atoms with Gasteiger partial charge < -0.3 is 20.3 Å². The third-order valence-corrected chi connectivity index (χ3v) is 3.84. The Morgan fingerprint density at radius 3 is 2.46 bits per heavy atom. The highest BCUT2D eigenvalue weighted by atomic mass is 19.1. The number of carbonyl (C=O) groups excluding carboxylic acids is 2. The fourth-order valence-electron chi connectivity index (χ4n) is 2.42. The first kappa shape index (κ1) is 19.1. The summed E-state index contributed by atoms with van der Waals surface area (Å²) >= 11 is 0. The molecule has 0 spiro atoms. The summed E-state index contributed by atoms with van der Waals surface area (Å²) in [5, 5.41) is 10.8. The SMILES string of the molecule is NC(Cc1ccc(Oc2ccc(C=C3OC(=O)NC3=O)cc2)cc1F)C(=O)O. The minimum Gasteiger partial charge on any atom is -0.480 e. The molecule has 0 bridgehead atoms. The Labute approximate surface area is 158 Å². The number of alkyl carbamates (subject to hydrolysis) is 1. The van der Waals surface area contributed by atoms with Gasteiger partial charge in [0.2, 0.25) is 0 Å². The van der Waals surface area contributed by atoms with Crippen LogP contribution in [-0.4, -0.2) is 29.1 Å². The second-order valence-corrected chi connectivity index (χ2v) is 5.93. The van der Waals surface area contributed by atoms with Gasteiger partial charge in [0.25, 0.3) is 5.91 Å². The van der Waals surface area contributed by atoms with Crippen LogP contribution in [0.2, 0.25) is 0 Å². The van der Waals surface area contributed by atoms with Gasteiger partial charge in [0.15, 0.2) is 5.76 Å².